The number of aliphatic hydroxyl groups is 4. The maximum absolute atomic E-state index is 12.9. The minimum atomic E-state index is -1.60. The number of rotatable bonds is 53. The van der Waals surface area contributed by atoms with Crippen molar-refractivity contribution in [1.29, 1.82) is 0 Å². The zero-order chi connectivity index (χ0) is 50.8. The quantitative estimate of drug-likeness (QED) is 0.0263. The van der Waals surface area contributed by atoms with Gasteiger partial charge >= 0.3 is 11.9 Å². The second-order valence-corrected chi connectivity index (χ2v) is 21.2. The Morgan fingerprint density at radius 2 is 0.771 bits per heavy atom. The van der Waals surface area contributed by atoms with Gasteiger partial charge in [0.1, 0.15) is 31.0 Å². The maximum atomic E-state index is 12.9. The molecule has 0 bridgehead atoms. The predicted octanol–water partition coefficient (Wildman–Crippen LogP) is 15.4. The molecule has 0 radical (unpaired) electrons. The molecule has 0 aromatic carbocycles. The molecule has 70 heavy (non-hydrogen) atoms. The van der Waals surface area contributed by atoms with Crippen molar-refractivity contribution in [2.24, 2.45) is 0 Å². The molecule has 10 heteroatoms. The highest BCUT2D eigenvalue weighted by Gasteiger charge is 2.44. The summed E-state index contributed by atoms with van der Waals surface area (Å²) in [4.78, 5) is 25.6. The van der Waals surface area contributed by atoms with Crippen molar-refractivity contribution in [3.63, 3.8) is 0 Å². The fraction of sp³-hybridized carbons (Fsp3) is 0.933. The fourth-order valence-electron chi connectivity index (χ4n) is 9.67. The van der Waals surface area contributed by atoms with Gasteiger partial charge in [0.15, 0.2) is 12.4 Å². The van der Waals surface area contributed by atoms with Gasteiger partial charge in [0, 0.05) is 12.8 Å². The Balaban J connectivity index is 2.18. The van der Waals surface area contributed by atoms with Crippen LogP contribution in [0.3, 0.4) is 0 Å². The van der Waals surface area contributed by atoms with Crippen molar-refractivity contribution in [3.05, 3.63) is 12.2 Å². The third-order valence-electron chi connectivity index (χ3n) is 14.4. The van der Waals surface area contributed by atoms with E-state index in [1.807, 2.05) is 0 Å². The topological polar surface area (TPSA) is 152 Å². The van der Waals surface area contributed by atoms with Crippen molar-refractivity contribution in [2.75, 3.05) is 19.8 Å². The number of ether oxygens (including phenoxy) is 4. The van der Waals surface area contributed by atoms with Gasteiger partial charge in [-0.25, -0.2) is 0 Å². The Morgan fingerprint density at radius 3 is 1.16 bits per heavy atom. The van der Waals surface area contributed by atoms with Crippen molar-refractivity contribution in [2.45, 2.75) is 340 Å². The maximum Gasteiger partial charge on any atom is 0.306 e. The molecule has 0 aromatic rings. The van der Waals surface area contributed by atoms with E-state index < -0.39 is 55.4 Å². The first-order valence-corrected chi connectivity index (χ1v) is 30.3. The number of aliphatic hydroxyl groups excluding tert-OH is 4. The largest absolute Gasteiger partial charge is 0.462 e. The molecule has 2 unspecified atom stereocenters. The van der Waals surface area contributed by atoms with Crippen LogP contribution in [0, 0.1) is 0 Å². The molecule has 414 valence electrons. The van der Waals surface area contributed by atoms with Crippen LogP contribution >= 0.6 is 0 Å². The molecule has 0 spiro atoms. The monoisotopic (exact) mass is 995 g/mol. The second kappa shape index (κ2) is 50.9. The van der Waals surface area contributed by atoms with E-state index in [9.17, 15) is 30.0 Å². The summed E-state index contributed by atoms with van der Waals surface area (Å²) in [6, 6.07) is 0. The van der Waals surface area contributed by atoms with E-state index in [1.54, 1.807) is 0 Å². The van der Waals surface area contributed by atoms with Crippen molar-refractivity contribution in [1.82, 2.24) is 0 Å². The van der Waals surface area contributed by atoms with Crippen LogP contribution in [-0.4, -0.2) is 89.0 Å². The lowest BCUT2D eigenvalue weighted by Gasteiger charge is -2.39. The van der Waals surface area contributed by atoms with E-state index in [0.29, 0.717) is 12.8 Å². The van der Waals surface area contributed by atoms with Gasteiger partial charge < -0.3 is 39.4 Å². The molecule has 1 heterocycles. The molecule has 0 amide bonds. The van der Waals surface area contributed by atoms with Gasteiger partial charge in [-0.15, -0.1) is 0 Å². The molecule has 0 saturated carbocycles. The number of carbonyl (C=O) groups excluding carboxylic acids is 2. The summed E-state index contributed by atoms with van der Waals surface area (Å²) in [6.45, 7) is 3.47. The predicted molar refractivity (Wildman–Crippen MR) is 289 cm³/mol. The van der Waals surface area contributed by atoms with E-state index >= 15 is 0 Å². The van der Waals surface area contributed by atoms with Crippen LogP contribution in [0.2, 0.25) is 0 Å². The number of esters is 2. The molecular weight excluding hydrogens is 881 g/mol. The van der Waals surface area contributed by atoms with E-state index in [-0.39, 0.29) is 26.1 Å². The standard InChI is InChI=1S/C60H114O10/c1-3-5-7-9-11-13-15-17-19-21-23-25-27-29-30-32-34-36-38-40-42-44-46-48-55(62)67-51-53(52-68-60-59(66)58(65)57(64)54(50-61)70-60)69-56(63)49-47-45-43-41-39-37-35-33-31-28-26-24-22-20-18-16-14-12-10-8-6-4-2/h40,42,53-54,57-61,64-66H,3-39,41,43-52H2,1-2H3/b42-40+/t53-,54-,57+,58?,59?,60-/m0/s1. The SMILES string of the molecule is CCCCCCCCCCCCCCCCCCCC/C=C/CCCC(=O)OC[C@@H](CO[C@H]1O[C@@H](CO)[C@@H](O)C(O)C1O)OC(=O)CCCCCCCCCCCCCCCCCCCCCCCC. The molecule has 1 saturated heterocycles. The average Bonchev–Trinajstić information content (AvgIpc) is 3.36. The first-order chi connectivity index (χ1) is 34.3. The normalized spacial score (nSPS) is 18.7. The number of allylic oxidation sites excluding steroid dienone is 2. The van der Waals surface area contributed by atoms with Crippen LogP contribution in [-0.2, 0) is 28.5 Å². The third-order valence-corrected chi connectivity index (χ3v) is 14.4. The Bertz CT molecular complexity index is 1150. The Morgan fingerprint density at radius 1 is 0.429 bits per heavy atom. The second-order valence-electron chi connectivity index (χ2n) is 21.2. The molecule has 0 aliphatic carbocycles. The van der Waals surface area contributed by atoms with E-state index in [4.69, 9.17) is 18.9 Å². The van der Waals surface area contributed by atoms with E-state index in [2.05, 4.69) is 26.0 Å². The zero-order valence-corrected chi connectivity index (χ0v) is 45.8. The molecule has 10 nitrogen and oxygen atoms in total. The van der Waals surface area contributed by atoms with Crippen LogP contribution < -0.4 is 0 Å². The Kier molecular flexibility index (Phi) is 48.4. The lowest BCUT2D eigenvalue weighted by molar-refractivity contribution is -0.305. The Hall–Kier alpha value is -1.56. The van der Waals surface area contributed by atoms with Crippen molar-refractivity contribution in [3.8, 4) is 0 Å². The summed E-state index contributed by atoms with van der Waals surface area (Å²) in [5.74, 6) is -0.822. The average molecular weight is 996 g/mol. The van der Waals surface area contributed by atoms with Crippen LogP contribution in [0.1, 0.15) is 303 Å². The minimum absolute atomic E-state index is 0.226. The molecule has 1 fully saturated rings. The number of hydrogen-bond donors (Lipinski definition) is 4. The van der Waals surface area contributed by atoms with E-state index in [0.717, 1.165) is 32.1 Å². The van der Waals surface area contributed by atoms with Crippen LogP contribution in [0.4, 0.5) is 0 Å². The molecule has 0 aromatic heterocycles. The van der Waals surface area contributed by atoms with Gasteiger partial charge in [0.05, 0.1) is 13.2 Å². The van der Waals surface area contributed by atoms with Gasteiger partial charge in [0.25, 0.3) is 0 Å². The molecule has 1 rings (SSSR count). The lowest BCUT2D eigenvalue weighted by Crippen LogP contribution is -2.59. The first-order valence-electron chi connectivity index (χ1n) is 30.3. The number of carbonyl (C=O) groups is 2. The van der Waals surface area contributed by atoms with Gasteiger partial charge in [-0.1, -0.05) is 270 Å². The Labute approximate surface area is 431 Å². The third kappa shape index (κ3) is 40.9. The molecule has 6 atom stereocenters. The minimum Gasteiger partial charge on any atom is -0.462 e. The fourth-order valence-corrected chi connectivity index (χ4v) is 9.67. The highest BCUT2D eigenvalue weighted by atomic mass is 16.7. The number of hydrogen-bond acceptors (Lipinski definition) is 10. The number of unbranched alkanes of at least 4 members (excludes halogenated alkanes) is 40. The lowest BCUT2D eigenvalue weighted by atomic mass is 9.99. The highest BCUT2D eigenvalue weighted by molar-refractivity contribution is 5.70. The van der Waals surface area contributed by atoms with Gasteiger partial charge in [-0.3, -0.25) is 9.59 Å². The van der Waals surface area contributed by atoms with Gasteiger partial charge in [-0.05, 0) is 32.1 Å². The van der Waals surface area contributed by atoms with Gasteiger partial charge in [-0.2, -0.15) is 0 Å². The highest BCUT2D eigenvalue weighted by Crippen LogP contribution is 2.23. The van der Waals surface area contributed by atoms with Crippen molar-refractivity contribution >= 4 is 11.9 Å². The van der Waals surface area contributed by atoms with Crippen molar-refractivity contribution < 1.29 is 49.0 Å². The summed E-state index contributed by atoms with van der Waals surface area (Å²) in [7, 11) is 0. The molecular formula is C60H114O10. The summed E-state index contributed by atoms with van der Waals surface area (Å²) in [6.07, 6.45) is 52.5. The zero-order valence-electron chi connectivity index (χ0n) is 45.8. The smallest absolute Gasteiger partial charge is 0.306 e. The molecule has 1 aliphatic heterocycles. The van der Waals surface area contributed by atoms with Gasteiger partial charge in [0.2, 0.25) is 0 Å². The molecule has 1 aliphatic rings. The summed E-state index contributed by atoms with van der Waals surface area (Å²) in [5.41, 5.74) is 0. The van der Waals surface area contributed by atoms with E-state index in [1.165, 1.54) is 231 Å². The first kappa shape index (κ1) is 66.5. The molecule has 4 N–H and O–H groups in total. The summed E-state index contributed by atoms with van der Waals surface area (Å²) in [5, 5.41) is 40.3. The van der Waals surface area contributed by atoms with Crippen LogP contribution in [0.25, 0.3) is 0 Å². The summed E-state index contributed by atoms with van der Waals surface area (Å²) < 4.78 is 22.3. The van der Waals surface area contributed by atoms with Crippen LogP contribution in [0.15, 0.2) is 12.2 Å². The summed E-state index contributed by atoms with van der Waals surface area (Å²) >= 11 is 0. The van der Waals surface area contributed by atoms with Crippen LogP contribution in [0.5, 0.6) is 0 Å².